The van der Waals surface area contributed by atoms with E-state index in [1.54, 1.807) is 0 Å². The summed E-state index contributed by atoms with van der Waals surface area (Å²) >= 11 is 0. The summed E-state index contributed by atoms with van der Waals surface area (Å²) in [4.78, 5) is 10.4. The summed E-state index contributed by atoms with van der Waals surface area (Å²) in [6.45, 7) is 4.44. The van der Waals surface area contributed by atoms with Gasteiger partial charge >= 0.3 is 0 Å². The summed E-state index contributed by atoms with van der Waals surface area (Å²) in [7, 11) is 0. The molecule has 0 atom stereocenters. The van der Waals surface area contributed by atoms with E-state index in [9.17, 15) is 4.79 Å². The second kappa shape index (κ2) is 11.4. The van der Waals surface area contributed by atoms with Gasteiger partial charge in [0.15, 0.2) is 0 Å². The fraction of sp³-hybridized carbons (Fsp3) is 0.900. The fourth-order valence-electron chi connectivity index (χ4n) is 1.19. The van der Waals surface area contributed by atoms with Gasteiger partial charge in [-0.3, -0.25) is 4.79 Å². The zero-order valence-corrected chi connectivity index (χ0v) is 9.43. The van der Waals surface area contributed by atoms with Crippen LogP contribution in [0, 0.1) is 0 Å². The standard InChI is InChI=1S/C10H24N4O/c11-5-3-8-13-6-1-2-7-14-9-4-10(12)15/h13-14H,1-9,11H2,(H2,12,15). The van der Waals surface area contributed by atoms with Crippen LogP contribution in [0.3, 0.4) is 0 Å². The summed E-state index contributed by atoms with van der Waals surface area (Å²) < 4.78 is 0. The maximum Gasteiger partial charge on any atom is 0.218 e. The van der Waals surface area contributed by atoms with E-state index in [1.165, 1.54) is 0 Å². The van der Waals surface area contributed by atoms with Gasteiger partial charge < -0.3 is 22.1 Å². The van der Waals surface area contributed by atoms with Crippen molar-refractivity contribution in [2.75, 3.05) is 32.7 Å². The van der Waals surface area contributed by atoms with Crippen molar-refractivity contribution in [1.29, 1.82) is 0 Å². The molecule has 90 valence electrons. The molecular weight excluding hydrogens is 192 g/mol. The van der Waals surface area contributed by atoms with Gasteiger partial charge in [-0.2, -0.15) is 0 Å². The molecule has 0 aliphatic rings. The lowest BCUT2D eigenvalue weighted by Crippen LogP contribution is -2.24. The molecule has 0 heterocycles. The van der Waals surface area contributed by atoms with E-state index in [0.29, 0.717) is 13.0 Å². The number of carbonyl (C=O) groups is 1. The second-order valence-corrected chi connectivity index (χ2v) is 3.57. The molecule has 0 rings (SSSR count). The maximum atomic E-state index is 10.4. The molecule has 1 amide bonds. The molecule has 0 aliphatic heterocycles. The fourth-order valence-corrected chi connectivity index (χ4v) is 1.19. The second-order valence-electron chi connectivity index (χ2n) is 3.57. The summed E-state index contributed by atoms with van der Waals surface area (Å²) in [5.41, 5.74) is 10.4. The molecule has 0 fully saturated rings. The molecular formula is C10H24N4O. The van der Waals surface area contributed by atoms with Crippen LogP contribution >= 0.6 is 0 Å². The van der Waals surface area contributed by atoms with Gasteiger partial charge in [-0.05, 0) is 45.4 Å². The first kappa shape index (κ1) is 14.3. The van der Waals surface area contributed by atoms with Crippen molar-refractivity contribution in [3.8, 4) is 0 Å². The Morgan fingerprint density at radius 1 is 0.933 bits per heavy atom. The molecule has 5 heteroatoms. The number of nitrogens with one attached hydrogen (secondary N) is 2. The minimum absolute atomic E-state index is 0.244. The van der Waals surface area contributed by atoms with Gasteiger partial charge in [0, 0.05) is 13.0 Å². The third kappa shape index (κ3) is 13.3. The first-order chi connectivity index (χ1) is 7.27. The third-order valence-electron chi connectivity index (χ3n) is 2.06. The van der Waals surface area contributed by atoms with Gasteiger partial charge in [0.25, 0.3) is 0 Å². The Bertz CT molecular complexity index is 152. The van der Waals surface area contributed by atoms with Crippen LogP contribution in [0.15, 0.2) is 0 Å². The average Bonchev–Trinajstić information content (AvgIpc) is 2.20. The first-order valence-corrected chi connectivity index (χ1v) is 5.67. The van der Waals surface area contributed by atoms with Crippen LogP contribution in [-0.2, 0) is 4.79 Å². The van der Waals surface area contributed by atoms with Crippen LogP contribution in [0.2, 0.25) is 0 Å². The maximum absolute atomic E-state index is 10.4. The van der Waals surface area contributed by atoms with Crippen molar-refractivity contribution in [2.45, 2.75) is 25.7 Å². The van der Waals surface area contributed by atoms with Crippen molar-refractivity contribution < 1.29 is 4.79 Å². The minimum Gasteiger partial charge on any atom is -0.370 e. The molecule has 0 saturated carbocycles. The highest BCUT2D eigenvalue weighted by molar-refractivity contribution is 5.73. The van der Waals surface area contributed by atoms with Crippen molar-refractivity contribution in [2.24, 2.45) is 11.5 Å². The van der Waals surface area contributed by atoms with Crippen LogP contribution < -0.4 is 22.1 Å². The van der Waals surface area contributed by atoms with E-state index < -0.39 is 0 Å². The molecule has 6 N–H and O–H groups in total. The number of rotatable bonds is 11. The van der Waals surface area contributed by atoms with Crippen molar-refractivity contribution in [3.63, 3.8) is 0 Å². The largest absolute Gasteiger partial charge is 0.370 e. The number of primary amides is 1. The van der Waals surface area contributed by atoms with Crippen LogP contribution in [0.5, 0.6) is 0 Å². The normalized spacial score (nSPS) is 10.5. The smallest absolute Gasteiger partial charge is 0.218 e. The van der Waals surface area contributed by atoms with Gasteiger partial charge in [-0.1, -0.05) is 0 Å². The molecule has 0 aromatic rings. The van der Waals surface area contributed by atoms with Crippen LogP contribution in [-0.4, -0.2) is 38.6 Å². The summed E-state index contributed by atoms with van der Waals surface area (Å²) in [6, 6.07) is 0. The Morgan fingerprint density at radius 3 is 2.00 bits per heavy atom. The predicted octanol–water partition coefficient (Wildman–Crippen LogP) is -0.830. The molecule has 0 unspecified atom stereocenters. The molecule has 15 heavy (non-hydrogen) atoms. The number of carbonyl (C=O) groups excluding carboxylic acids is 1. The van der Waals surface area contributed by atoms with Gasteiger partial charge in [0.2, 0.25) is 5.91 Å². The third-order valence-corrected chi connectivity index (χ3v) is 2.06. The highest BCUT2D eigenvalue weighted by atomic mass is 16.1. The molecule has 0 aliphatic carbocycles. The lowest BCUT2D eigenvalue weighted by atomic mass is 10.3. The summed E-state index contributed by atoms with van der Waals surface area (Å²) in [5, 5.41) is 6.48. The SMILES string of the molecule is NCCCNCCCCNCCC(N)=O. The van der Waals surface area contributed by atoms with E-state index >= 15 is 0 Å². The molecule has 0 radical (unpaired) electrons. The van der Waals surface area contributed by atoms with E-state index in [0.717, 1.165) is 45.4 Å². The van der Waals surface area contributed by atoms with E-state index in [1.807, 2.05) is 0 Å². The van der Waals surface area contributed by atoms with Crippen LogP contribution in [0.4, 0.5) is 0 Å². The van der Waals surface area contributed by atoms with Crippen LogP contribution in [0.25, 0.3) is 0 Å². The summed E-state index contributed by atoms with van der Waals surface area (Å²) in [5.74, 6) is -0.244. The van der Waals surface area contributed by atoms with E-state index in [4.69, 9.17) is 11.5 Å². The Morgan fingerprint density at radius 2 is 1.47 bits per heavy atom. The molecule has 0 aromatic carbocycles. The lowest BCUT2D eigenvalue weighted by molar-refractivity contribution is -0.117. The Labute approximate surface area is 92.0 Å². The first-order valence-electron chi connectivity index (χ1n) is 5.67. The number of unbranched alkanes of at least 4 members (excludes halogenated alkanes) is 1. The Balaban J connectivity index is 2.89. The number of amides is 1. The topological polar surface area (TPSA) is 93.2 Å². The number of nitrogens with two attached hydrogens (primary N) is 2. The molecule has 0 aromatic heterocycles. The molecule has 0 spiro atoms. The quantitative estimate of drug-likeness (QED) is 0.339. The highest BCUT2D eigenvalue weighted by Gasteiger charge is 1.93. The van der Waals surface area contributed by atoms with Gasteiger partial charge in [-0.25, -0.2) is 0 Å². The number of hydrogen-bond acceptors (Lipinski definition) is 4. The van der Waals surface area contributed by atoms with Crippen LogP contribution in [0.1, 0.15) is 25.7 Å². The van der Waals surface area contributed by atoms with Crippen molar-refractivity contribution in [3.05, 3.63) is 0 Å². The molecule has 0 bridgehead atoms. The Kier molecular flexibility index (Phi) is 10.9. The van der Waals surface area contributed by atoms with Crippen molar-refractivity contribution >= 4 is 5.91 Å². The molecule has 5 nitrogen and oxygen atoms in total. The Hall–Kier alpha value is -0.650. The van der Waals surface area contributed by atoms with Gasteiger partial charge in [0.1, 0.15) is 0 Å². The van der Waals surface area contributed by atoms with E-state index in [2.05, 4.69) is 10.6 Å². The lowest BCUT2D eigenvalue weighted by Gasteiger charge is -2.04. The zero-order chi connectivity index (χ0) is 11.4. The van der Waals surface area contributed by atoms with E-state index in [-0.39, 0.29) is 5.91 Å². The number of hydrogen-bond donors (Lipinski definition) is 4. The minimum atomic E-state index is -0.244. The zero-order valence-electron chi connectivity index (χ0n) is 9.43. The highest BCUT2D eigenvalue weighted by Crippen LogP contribution is 1.85. The molecule has 0 saturated heterocycles. The monoisotopic (exact) mass is 216 g/mol. The van der Waals surface area contributed by atoms with Gasteiger partial charge in [0.05, 0.1) is 0 Å². The summed E-state index contributed by atoms with van der Waals surface area (Å²) in [6.07, 6.45) is 3.73. The average molecular weight is 216 g/mol. The predicted molar refractivity (Wildman–Crippen MR) is 62.5 cm³/mol. The van der Waals surface area contributed by atoms with Gasteiger partial charge in [-0.15, -0.1) is 0 Å². The van der Waals surface area contributed by atoms with Crippen molar-refractivity contribution in [1.82, 2.24) is 10.6 Å².